The normalized spacial score (nSPS) is 17.0. The van der Waals surface area contributed by atoms with Gasteiger partial charge in [0.2, 0.25) is 0 Å². The van der Waals surface area contributed by atoms with Gasteiger partial charge in [-0.05, 0) is 53.8 Å². The van der Waals surface area contributed by atoms with Crippen LogP contribution in [0.3, 0.4) is 0 Å². The lowest BCUT2D eigenvalue weighted by Crippen LogP contribution is -2.34. The third kappa shape index (κ3) is 3.58. The smallest absolute Gasteiger partial charge is 0.360 e. The van der Waals surface area contributed by atoms with Crippen LogP contribution in [0, 0.1) is 5.82 Å². The second-order valence-electron chi connectivity index (χ2n) is 7.27. The number of anilines is 1. The van der Waals surface area contributed by atoms with E-state index in [4.69, 9.17) is 11.6 Å². The lowest BCUT2D eigenvalue weighted by atomic mass is 9.90. The van der Waals surface area contributed by atoms with Gasteiger partial charge in [0, 0.05) is 30.9 Å². The van der Waals surface area contributed by atoms with Crippen LogP contribution in [0.4, 0.5) is 23.4 Å². The molecule has 0 saturated carbocycles. The van der Waals surface area contributed by atoms with E-state index in [1.807, 2.05) is 25.3 Å². The summed E-state index contributed by atoms with van der Waals surface area (Å²) in [5.74, 6) is -1.09. The van der Waals surface area contributed by atoms with E-state index in [9.17, 15) is 17.6 Å². The SMILES string of the molecule is C=C1CCN(c2ncc(C(F)(F)F)cc2F)C/C1=C(/C)c1ccc(Cl)c2[nH]ccc12. The number of hydrogen-bond donors (Lipinski definition) is 1. The summed E-state index contributed by atoms with van der Waals surface area (Å²) >= 11 is 6.25. The number of piperidine rings is 1. The molecule has 1 aromatic carbocycles. The van der Waals surface area contributed by atoms with E-state index in [1.54, 1.807) is 11.0 Å². The highest BCUT2D eigenvalue weighted by Gasteiger charge is 2.33. The van der Waals surface area contributed by atoms with E-state index >= 15 is 0 Å². The van der Waals surface area contributed by atoms with Crippen molar-refractivity contribution in [2.45, 2.75) is 19.5 Å². The maximum atomic E-state index is 14.5. The Morgan fingerprint density at radius 3 is 2.73 bits per heavy atom. The third-order valence-corrected chi connectivity index (χ3v) is 5.75. The number of fused-ring (bicyclic) bond motifs is 1. The van der Waals surface area contributed by atoms with Gasteiger partial charge >= 0.3 is 6.18 Å². The Morgan fingerprint density at radius 2 is 2.03 bits per heavy atom. The molecule has 0 unspecified atom stereocenters. The molecule has 0 spiro atoms. The molecule has 0 atom stereocenters. The molecule has 3 heterocycles. The zero-order chi connectivity index (χ0) is 21.6. The van der Waals surface area contributed by atoms with Crippen molar-refractivity contribution in [3.8, 4) is 0 Å². The van der Waals surface area contributed by atoms with Crippen LogP contribution in [0.1, 0.15) is 24.5 Å². The Bertz CT molecular complexity index is 1180. The minimum Gasteiger partial charge on any atom is -0.360 e. The molecular weight excluding hydrogens is 418 g/mol. The lowest BCUT2D eigenvalue weighted by Gasteiger charge is -2.32. The molecule has 8 heteroatoms. The van der Waals surface area contributed by atoms with Crippen LogP contribution >= 0.6 is 11.6 Å². The number of aromatic amines is 1. The standard InChI is InChI=1S/C22H18ClF4N3/c1-12-6-8-30(21-19(24)9-14(10-29-21)22(25,26)27)11-17(12)13(2)15-3-4-18(23)20-16(15)5-7-28-20/h3-5,7,9-10,28H,1,6,8,11H2,2H3/b17-13+. The summed E-state index contributed by atoms with van der Waals surface area (Å²) in [6, 6.07) is 6.15. The number of aromatic nitrogens is 2. The zero-order valence-corrected chi connectivity index (χ0v) is 16.8. The van der Waals surface area contributed by atoms with E-state index in [2.05, 4.69) is 16.5 Å². The molecule has 1 saturated heterocycles. The number of pyridine rings is 1. The molecule has 0 radical (unpaired) electrons. The average molecular weight is 436 g/mol. The topological polar surface area (TPSA) is 31.9 Å². The molecule has 3 nitrogen and oxygen atoms in total. The Balaban J connectivity index is 1.72. The molecule has 0 aliphatic carbocycles. The molecule has 2 aromatic heterocycles. The van der Waals surface area contributed by atoms with Gasteiger partial charge in [0.05, 0.1) is 16.1 Å². The van der Waals surface area contributed by atoms with E-state index < -0.39 is 17.6 Å². The van der Waals surface area contributed by atoms with Crippen molar-refractivity contribution < 1.29 is 17.6 Å². The number of allylic oxidation sites excluding steroid dienone is 1. The van der Waals surface area contributed by atoms with Gasteiger partial charge in [-0.2, -0.15) is 13.2 Å². The molecule has 156 valence electrons. The highest BCUT2D eigenvalue weighted by molar-refractivity contribution is 6.35. The summed E-state index contributed by atoms with van der Waals surface area (Å²) in [7, 11) is 0. The number of nitrogens with zero attached hydrogens (tertiary/aromatic N) is 2. The average Bonchev–Trinajstić information content (AvgIpc) is 3.18. The summed E-state index contributed by atoms with van der Waals surface area (Å²) in [6.07, 6.45) is -1.61. The highest BCUT2D eigenvalue weighted by Crippen LogP contribution is 2.36. The highest BCUT2D eigenvalue weighted by atomic mass is 35.5. The summed E-state index contributed by atoms with van der Waals surface area (Å²) in [5, 5.41) is 1.56. The van der Waals surface area contributed by atoms with E-state index in [0.717, 1.165) is 33.2 Å². The van der Waals surface area contributed by atoms with Crippen molar-refractivity contribution >= 4 is 33.9 Å². The first-order chi connectivity index (χ1) is 14.2. The van der Waals surface area contributed by atoms with Crippen molar-refractivity contribution in [2.75, 3.05) is 18.0 Å². The Labute approximate surface area is 175 Å². The number of halogens is 5. The van der Waals surface area contributed by atoms with E-state index in [1.165, 1.54) is 0 Å². The molecule has 1 fully saturated rings. The van der Waals surface area contributed by atoms with Gasteiger partial charge in [0.15, 0.2) is 11.6 Å². The molecule has 1 aliphatic rings. The van der Waals surface area contributed by atoms with Crippen molar-refractivity contribution in [2.24, 2.45) is 0 Å². The number of H-pyrrole nitrogens is 1. The minimum atomic E-state index is -4.64. The number of rotatable bonds is 2. The second kappa shape index (κ2) is 7.47. The molecule has 0 amide bonds. The summed E-state index contributed by atoms with van der Waals surface area (Å²) in [6.45, 7) is 6.82. The van der Waals surface area contributed by atoms with Crippen molar-refractivity contribution in [1.82, 2.24) is 9.97 Å². The number of benzene rings is 1. The van der Waals surface area contributed by atoms with Crippen LogP contribution in [0.2, 0.25) is 5.02 Å². The number of nitrogens with one attached hydrogen (secondary N) is 1. The first-order valence-corrected chi connectivity index (χ1v) is 9.66. The molecule has 0 bridgehead atoms. The van der Waals surface area contributed by atoms with Gasteiger partial charge < -0.3 is 9.88 Å². The number of alkyl halides is 3. The van der Waals surface area contributed by atoms with Gasteiger partial charge in [-0.1, -0.05) is 24.2 Å². The predicted molar refractivity (Wildman–Crippen MR) is 111 cm³/mol. The third-order valence-electron chi connectivity index (χ3n) is 5.44. The van der Waals surface area contributed by atoms with Crippen LogP contribution in [0.5, 0.6) is 0 Å². The Hall–Kier alpha value is -2.80. The fourth-order valence-corrected chi connectivity index (χ4v) is 4.02. The Kier molecular flexibility index (Phi) is 5.10. The molecule has 1 N–H and O–H groups in total. The van der Waals surface area contributed by atoms with E-state index in [-0.39, 0.29) is 5.82 Å². The first kappa shape index (κ1) is 20.5. The molecule has 1 aliphatic heterocycles. The van der Waals surface area contributed by atoms with Crippen LogP contribution in [0.25, 0.3) is 16.5 Å². The lowest BCUT2D eigenvalue weighted by molar-refractivity contribution is -0.138. The van der Waals surface area contributed by atoms with Crippen molar-refractivity contribution in [3.05, 3.63) is 76.4 Å². The van der Waals surface area contributed by atoms with Crippen molar-refractivity contribution in [1.29, 1.82) is 0 Å². The second-order valence-corrected chi connectivity index (χ2v) is 7.67. The summed E-state index contributed by atoms with van der Waals surface area (Å²) < 4.78 is 52.9. The van der Waals surface area contributed by atoms with Gasteiger partial charge in [0.25, 0.3) is 0 Å². The van der Waals surface area contributed by atoms with Crippen molar-refractivity contribution in [3.63, 3.8) is 0 Å². The van der Waals surface area contributed by atoms with Gasteiger partial charge in [-0.3, -0.25) is 0 Å². The van der Waals surface area contributed by atoms with Gasteiger partial charge in [-0.25, -0.2) is 9.37 Å². The fraction of sp³-hybridized carbons (Fsp3) is 0.227. The van der Waals surface area contributed by atoms with E-state index in [0.29, 0.717) is 36.8 Å². The monoisotopic (exact) mass is 435 g/mol. The van der Waals surface area contributed by atoms with Gasteiger partial charge in [-0.15, -0.1) is 0 Å². The minimum absolute atomic E-state index is 0.0938. The first-order valence-electron chi connectivity index (χ1n) is 9.28. The molecular formula is C22H18ClF4N3. The Morgan fingerprint density at radius 1 is 1.27 bits per heavy atom. The summed E-state index contributed by atoms with van der Waals surface area (Å²) in [4.78, 5) is 8.53. The molecule has 30 heavy (non-hydrogen) atoms. The van der Waals surface area contributed by atoms with Gasteiger partial charge in [0.1, 0.15) is 0 Å². The summed E-state index contributed by atoms with van der Waals surface area (Å²) in [5.41, 5.74) is 3.46. The van der Waals surface area contributed by atoms with Crippen LogP contribution < -0.4 is 4.90 Å². The molecule has 4 rings (SSSR count). The number of hydrogen-bond acceptors (Lipinski definition) is 2. The van der Waals surface area contributed by atoms with Crippen LogP contribution in [-0.2, 0) is 6.18 Å². The maximum absolute atomic E-state index is 14.5. The van der Waals surface area contributed by atoms with Crippen LogP contribution in [-0.4, -0.2) is 23.1 Å². The predicted octanol–water partition coefficient (Wildman–Crippen LogP) is 6.61. The van der Waals surface area contributed by atoms with Crippen LogP contribution in [0.15, 0.2) is 54.4 Å². The zero-order valence-electron chi connectivity index (χ0n) is 16.1. The quantitative estimate of drug-likeness (QED) is 0.459. The fourth-order valence-electron chi connectivity index (χ4n) is 3.80. The maximum Gasteiger partial charge on any atom is 0.417 e. The molecule has 3 aromatic rings. The largest absolute Gasteiger partial charge is 0.417 e.